The third kappa shape index (κ3) is 3.87. The fourth-order valence-electron chi connectivity index (χ4n) is 2.12. The van der Waals surface area contributed by atoms with Crippen LogP contribution in [0.1, 0.15) is 47.3 Å². The molecule has 3 rings (SSSR count). The Labute approximate surface area is 141 Å². The molecule has 1 N–H and O–H groups in total. The van der Waals surface area contributed by atoms with Crippen LogP contribution in [0.2, 0.25) is 0 Å². The zero-order valence-corrected chi connectivity index (χ0v) is 14.8. The van der Waals surface area contributed by atoms with E-state index in [2.05, 4.69) is 29.4 Å². The molecule has 0 aromatic carbocycles. The van der Waals surface area contributed by atoms with Crippen LogP contribution < -0.4 is 5.32 Å². The van der Waals surface area contributed by atoms with Gasteiger partial charge in [-0.25, -0.2) is 0 Å². The number of aromatic nitrogens is 2. The lowest BCUT2D eigenvalue weighted by molar-refractivity contribution is 0.103. The number of carbonyl (C=O) groups excluding carboxylic acids is 1. The van der Waals surface area contributed by atoms with E-state index in [1.54, 1.807) is 11.8 Å². The zero-order chi connectivity index (χ0) is 15.5. The number of nitrogens with one attached hydrogen (secondary N) is 1. The van der Waals surface area contributed by atoms with Gasteiger partial charge in [0, 0.05) is 16.7 Å². The van der Waals surface area contributed by atoms with Crippen molar-refractivity contribution in [3.63, 3.8) is 0 Å². The van der Waals surface area contributed by atoms with E-state index in [1.807, 2.05) is 12.1 Å². The molecule has 0 radical (unpaired) electrons. The number of anilines is 1. The van der Waals surface area contributed by atoms with Gasteiger partial charge in [0.25, 0.3) is 5.91 Å². The lowest BCUT2D eigenvalue weighted by Gasteiger charge is -2.04. The fraction of sp³-hybridized carbons (Fsp3) is 0.500. The van der Waals surface area contributed by atoms with Gasteiger partial charge < -0.3 is 4.74 Å². The van der Waals surface area contributed by atoms with Gasteiger partial charge in [0.15, 0.2) is 4.34 Å². The summed E-state index contributed by atoms with van der Waals surface area (Å²) in [6, 6.07) is 3.83. The number of thioether (sulfide) groups is 1. The molecule has 8 heteroatoms. The normalized spacial score (nSPS) is 18.0. The SMILES string of the molecule is CC(C)Sc1nnc(NC(=O)c2ccc(C3CCCO3)s2)s1. The minimum Gasteiger partial charge on any atom is -0.373 e. The van der Waals surface area contributed by atoms with E-state index in [9.17, 15) is 4.79 Å². The second kappa shape index (κ2) is 7.08. The summed E-state index contributed by atoms with van der Waals surface area (Å²) in [4.78, 5) is 14.1. The van der Waals surface area contributed by atoms with Crippen molar-refractivity contribution in [1.82, 2.24) is 10.2 Å². The molecule has 2 aromatic heterocycles. The highest BCUT2D eigenvalue weighted by atomic mass is 32.2. The van der Waals surface area contributed by atoms with Crippen molar-refractivity contribution in [2.45, 2.75) is 42.4 Å². The lowest BCUT2D eigenvalue weighted by atomic mass is 10.2. The van der Waals surface area contributed by atoms with Crippen molar-refractivity contribution < 1.29 is 9.53 Å². The van der Waals surface area contributed by atoms with Crippen LogP contribution in [0.4, 0.5) is 5.13 Å². The second-order valence-corrected chi connectivity index (χ2v) is 9.11. The van der Waals surface area contributed by atoms with Gasteiger partial charge in [0.2, 0.25) is 5.13 Å². The number of thiophene rings is 1. The molecule has 1 fully saturated rings. The molecular formula is C14H17N3O2S3. The molecule has 1 atom stereocenters. The molecule has 0 bridgehead atoms. The highest BCUT2D eigenvalue weighted by Gasteiger charge is 2.21. The number of nitrogens with zero attached hydrogens (tertiary/aromatic N) is 2. The standard InChI is InChI=1S/C14H17N3O2S3/c1-8(2)20-14-17-16-13(22-14)15-12(18)11-6-5-10(21-11)9-4-3-7-19-9/h5-6,8-9H,3-4,7H2,1-2H3,(H,15,16,18). The summed E-state index contributed by atoms with van der Waals surface area (Å²) in [5.74, 6) is -0.133. The smallest absolute Gasteiger partial charge is 0.267 e. The van der Waals surface area contributed by atoms with Gasteiger partial charge in [-0.05, 0) is 25.0 Å². The van der Waals surface area contributed by atoms with Crippen LogP contribution >= 0.6 is 34.4 Å². The van der Waals surface area contributed by atoms with Crippen LogP contribution in [0.15, 0.2) is 16.5 Å². The van der Waals surface area contributed by atoms with Crippen LogP contribution in [0.25, 0.3) is 0 Å². The number of carbonyl (C=O) groups is 1. The number of hydrogen-bond donors (Lipinski definition) is 1. The maximum atomic E-state index is 12.3. The Morgan fingerprint density at radius 2 is 2.27 bits per heavy atom. The summed E-state index contributed by atoms with van der Waals surface area (Å²) < 4.78 is 6.52. The van der Waals surface area contributed by atoms with E-state index < -0.39 is 0 Å². The number of ether oxygens (including phenoxy) is 1. The van der Waals surface area contributed by atoms with Gasteiger partial charge in [0.05, 0.1) is 11.0 Å². The average Bonchev–Trinajstić information content (AvgIpc) is 3.19. The van der Waals surface area contributed by atoms with E-state index in [-0.39, 0.29) is 12.0 Å². The van der Waals surface area contributed by atoms with Crippen LogP contribution in [0, 0.1) is 0 Å². The second-order valence-electron chi connectivity index (χ2n) is 5.20. The largest absolute Gasteiger partial charge is 0.373 e. The monoisotopic (exact) mass is 355 g/mol. The highest BCUT2D eigenvalue weighted by molar-refractivity contribution is 8.01. The number of hydrogen-bond acceptors (Lipinski definition) is 7. The Hall–Kier alpha value is -0.960. The number of amides is 1. The quantitative estimate of drug-likeness (QED) is 0.643. The lowest BCUT2D eigenvalue weighted by Crippen LogP contribution is -2.09. The average molecular weight is 356 g/mol. The first-order valence-electron chi connectivity index (χ1n) is 7.14. The molecule has 1 amide bonds. The Morgan fingerprint density at radius 3 is 3.00 bits per heavy atom. The first-order valence-corrected chi connectivity index (χ1v) is 9.66. The van der Waals surface area contributed by atoms with Gasteiger partial charge in [-0.3, -0.25) is 10.1 Å². The molecule has 1 saturated heterocycles. The van der Waals surface area contributed by atoms with Crippen molar-refractivity contribution in [2.24, 2.45) is 0 Å². The molecule has 0 aliphatic carbocycles. The van der Waals surface area contributed by atoms with Crippen LogP contribution in [-0.2, 0) is 4.74 Å². The molecule has 2 aromatic rings. The van der Waals surface area contributed by atoms with Gasteiger partial charge in [-0.1, -0.05) is 36.9 Å². The third-order valence-electron chi connectivity index (χ3n) is 3.06. The summed E-state index contributed by atoms with van der Waals surface area (Å²) >= 11 is 4.54. The van der Waals surface area contributed by atoms with E-state index >= 15 is 0 Å². The predicted molar refractivity (Wildman–Crippen MR) is 91.1 cm³/mol. The van der Waals surface area contributed by atoms with E-state index in [0.29, 0.717) is 15.3 Å². The van der Waals surface area contributed by atoms with Crippen molar-refractivity contribution in [3.8, 4) is 0 Å². The molecule has 1 aliphatic rings. The summed E-state index contributed by atoms with van der Waals surface area (Å²) in [6.07, 6.45) is 2.28. The minimum atomic E-state index is -0.133. The summed E-state index contributed by atoms with van der Waals surface area (Å²) in [5, 5.41) is 11.9. The van der Waals surface area contributed by atoms with Crippen LogP contribution in [0.5, 0.6) is 0 Å². The Morgan fingerprint density at radius 1 is 1.41 bits per heavy atom. The maximum Gasteiger partial charge on any atom is 0.267 e. The van der Waals surface area contributed by atoms with Crippen LogP contribution in [0.3, 0.4) is 0 Å². The maximum absolute atomic E-state index is 12.3. The van der Waals surface area contributed by atoms with E-state index in [1.165, 1.54) is 22.7 Å². The van der Waals surface area contributed by atoms with E-state index in [0.717, 1.165) is 28.7 Å². The molecule has 3 heterocycles. The summed E-state index contributed by atoms with van der Waals surface area (Å²) in [7, 11) is 0. The molecule has 118 valence electrons. The molecule has 22 heavy (non-hydrogen) atoms. The Balaban J connectivity index is 1.63. The molecule has 0 spiro atoms. The van der Waals surface area contributed by atoms with Gasteiger partial charge in [-0.15, -0.1) is 21.5 Å². The molecule has 1 unspecified atom stereocenters. The summed E-state index contributed by atoms with van der Waals surface area (Å²) in [5.41, 5.74) is 0. The van der Waals surface area contributed by atoms with Gasteiger partial charge in [-0.2, -0.15) is 0 Å². The van der Waals surface area contributed by atoms with E-state index in [4.69, 9.17) is 4.74 Å². The van der Waals surface area contributed by atoms with Crippen LogP contribution in [-0.4, -0.2) is 28.0 Å². The third-order valence-corrected chi connectivity index (χ3v) is 6.16. The highest BCUT2D eigenvalue weighted by Crippen LogP contribution is 2.34. The topological polar surface area (TPSA) is 64.1 Å². The van der Waals surface area contributed by atoms with Crippen molar-refractivity contribution >= 4 is 45.5 Å². The summed E-state index contributed by atoms with van der Waals surface area (Å²) in [6.45, 7) is 5.01. The van der Waals surface area contributed by atoms with Gasteiger partial charge >= 0.3 is 0 Å². The van der Waals surface area contributed by atoms with Crippen molar-refractivity contribution in [1.29, 1.82) is 0 Å². The molecule has 0 saturated carbocycles. The first-order chi connectivity index (χ1) is 10.6. The molecule has 1 aliphatic heterocycles. The van der Waals surface area contributed by atoms with Crippen molar-refractivity contribution in [3.05, 3.63) is 21.9 Å². The van der Waals surface area contributed by atoms with Gasteiger partial charge in [0.1, 0.15) is 0 Å². The molecular weight excluding hydrogens is 338 g/mol. The fourth-order valence-corrected chi connectivity index (χ4v) is 5.08. The number of rotatable bonds is 5. The Bertz CT molecular complexity index is 647. The Kier molecular flexibility index (Phi) is 5.12. The molecule has 5 nitrogen and oxygen atoms in total. The van der Waals surface area contributed by atoms with Crippen molar-refractivity contribution in [2.75, 3.05) is 11.9 Å². The minimum absolute atomic E-state index is 0.133. The first kappa shape index (κ1) is 15.9. The zero-order valence-electron chi connectivity index (χ0n) is 12.4. The predicted octanol–water partition coefficient (Wildman–Crippen LogP) is 4.20.